The average Bonchev–Trinajstić information content (AvgIpc) is 2.19. The van der Waals surface area contributed by atoms with Crippen molar-refractivity contribution in [3.05, 3.63) is 35.5 Å². The predicted octanol–water partition coefficient (Wildman–Crippen LogP) is 2.12. The highest BCUT2D eigenvalue weighted by molar-refractivity contribution is 5.89. The summed E-state index contributed by atoms with van der Waals surface area (Å²) in [7, 11) is 0. The smallest absolute Gasteiger partial charge is 0.141 e. The first-order valence-electron chi connectivity index (χ1n) is 4.22. The fraction of sp³-hybridized carbons (Fsp3) is 0.0909. The second kappa shape index (κ2) is 3.00. The van der Waals surface area contributed by atoms with E-state index in [2.05, 4.69) is 11.1 Å². The molecule has 14 heavy (non-hydrogen) atoms. The number of aromatic hydroxyl groups is 1. The van der Waals surface area contributed by atoms with Crippen LogP contribution in [-0.2, 0) is 0 Å². The molecule has 68 valence electrons. The van der Waals surface area contributed by atoms with E-state index >= 15 is 0 Å². The Bertz CT molecular complexity index is 541. The molecule has 1 N–H and O–H groups in total. The minimum absolute atomic E-state index is 0.114. The Morgan fingerprint density at radius 1 is 1.29 bits per heavy atom. The quantitative estimate of drug-likeness (QED) is 0.682. The molecule has 1 aromatic heterocycles. The van der Waals surface area contributed by atoms with Crippen LogP contribution in [0.5, 0.6) is 5.75 Å². The summed E-state index contributed by atoms with van der Waals surface area (Å²) in [4.78, 5) is 4.18. The molecule has 0 saturated carbocycles. The average molecular weight is 184 g/mol. The van der Waals surface area contributed by atoms with Crippen molar-refractivity contribution in [2.45, 2.75) is 6.92 Å². The van der Waals surface area contributed by atoms with Crippen LogP contribution in [0.2, 0.25) is 0 Å². The summed E-state index contributed by atoms with van der Waals surface area (Å²) in [5.74, 6) is 0.114. The topological polar surface area (TPSA) is 56.9 Å². The Morgan fingerprint density at radius 3 is 2.79 bits per heavy atom. The highest BCUT2D eigenvalue weighted by Crippen LogP contribution is 2.25. The van der Waals surface area contributed by atoms with Gasteiger partial charge in [-0.2, -0.15) is 5.26 Å². The molecule has 3 nitrogen and oxygen atoms in total. The van der Waals surface area contributed by atoms with Gasteiger partial charge in [-0.25, -0.2) is 4.98 Å². The van der Waals surface area contributed by atoms with E-state index in [1.165, 1.54) is 6.07 Å². The number of nitrogens with zero attached hydrogens (tertiary/aromatic N) is 2. The molecule has 3 heteroatoms. The monoisotopic (exact) mass is 184 g/mol. The number of phenols is 1. The normalized spacial score (nSPS) is 10.0. The summed E-state index contributed by atoms with van der Waals surface area (Å²) in [6.07, 6.45) is 0. The van der Waals surface area contributed by atoms with Crippen molar-refractivity contribution in [2.24, 2.45) is 0 Å². The van der Waals surface area contributed by atoms with Gasteiger partial charge in [-0.1, -0.05) is 0 Å². The molecule has 0 radical (unpaired) electrons. The third kappa shape index (κ3) is 1.17. The molecule has 0 unspecified atom stereocenters. The molecule has 2 rings (SSSR count). The van der Waals surface area contributed by atoms with Crippen LogP contribution in [0.25, 0.3) is 10.9 Å². The number of phenolic OH excluding ortho intramolecular Hbond substituents is 1. The van der Waals surface area contributed by atoms with E-state index in [9.17, 15) is 5.11 Å². The van der Waals surface area contributed by atoms with Crippen LogP contribution < -0.4 is 0 Å². The van der Waals surface area contributed by atoms with E-state index in [4.69, 9.17) is 5.26 Å². The number of hydrogen-bond acceptors (Lipinski definition) is 3. The number of nitriles is 1. The predicted molar refractivity (Wildman–Crippen MR) is 52.9 cm³/mol. The number of aryl methyl sites for hydroxylation is 1. The van der Waals surface area contributed by atoms with Crippen LogP contribution in [0.1, 0.15) is 11.3 Å². The highest BCUT2D eigenvalue weighted by Gasteiger charge is 2.05. The first-order chi connectivity index (χ1) is 6.72. The minimum Gasteiger partial charge on any atom is -0.506 e. The molecule has 0 atom stereocenters. The molecular weight excluding hydrogens is 176 g/mol. The number of aromatic nitrogens is 1. The van der Waals surface area contributed by atoms with E-state index in [0.29, 0.717) is 16.5 Å². The van der Waals surface area contributed by atoms with Crippen molar-refractivity contribution in [1.29, 1.82) is 5.26 Å². The molecule has 0 bridgehead atoms. The van der Waals surface area contributed by atoms with Gasteiger partial charge < -0.3 is 5.11 Å². The van der Waals surface area contributed by atoms with Gasteiger partial charge in [0, 0.05) is 11.1 Å². The van der Waals surface area contributed by atoms with Crippen LogP contribution in [0, 0.1) is 18.3 Å². The number of rotatable bonds is 0. The first kappa shape index (κ1) is 8.52. The van der Waals surface area contributed by atoms with Gasteiger partial charge in [0.1, 0.15) is 11.3 Å². The molecule has 0 spiro atoms. The fourth-order valence-electron chi connectivity index (χ4n) is 1.40. The maximum absolute atomic E-state index is 9.54. The van der Waals surface area contributed by atoms with Crippen molar-refractivity contribution in [3.8, 4) is 11.8 Å². The number of hydrogen-bond donors (Lipinski definition) is 1. The van der Waals surface area contributed by atoms with Crippen molar-refractivity contribution in [2.75, 3.05) is 0 Å². The van der Waals surface area contributed by atoms with E-state index in [0.717, 1.165) is 5.69 Å². The van der Waals surface area contributed by atoms with Crippen LogP contribution in [-0.4, -0.2) is 10.1 Å². The lowest BCUT2D eigenvalue weighted by molar-refractivity contribution is 0.480. The largest absolute Gasteiger partial charge is 0.506 e. The SMILES string of the molecule is Cc1ccc2c(C#N)ccc(O)c2n1. The van der Waals surface area contributed by atoms with Crippen LogP contribution in [0.15, 0.2) is 24.3 Å². The minimum atomic E-state index is 0.114. The van der Waals surface area contributed by atoms with Crippen LogP contribution in [0.4, 0.5) is 0 Å². The number of pyridine rings is 1. The van der Waals surface area contributed by atoms with Crippen molar-refractivity contribution < 1.29 is 5.11 Å². The third-order valence-electron chi connectivity index (χ3n) is 2.10. The van der Waals surface area contributed by atoms with Gasteiger partial charge in [-0.05, 0) is 31.2 Å². The van der Waals surface area contributed by atoms with Crippen molar-refractivity contribution in [3.63, 3.8) is 0 Å². The molecule has 1 heterocycles. The van der Waals surface area contributed by atoms with Gasteiger partial charge in [-0.15, -0.1) is 0 Å². The van der Waals surface area contributed by atoms with Gasteiger partial charge in [0.2, 0.25) is 0 Å². The fourth-order valence-corrected chi connectivity index (χ4v) is 1.40. The summed E-state index contributed by atoms with van der Waals surface area (Å²) in [6.45, 7) is 1.85. The maximum Gasteiger partial charge on any atom is 0.141 e. The lowest BCUT2D eigenvalue weighted by Crippen LogP contribution is -1.86. The third-order valence-corrected chi connectivity index (χ3v) is 2.10. The van der Waals surface area contributed by atoms with Gasteiger partial charge in [0.05, 0.1) is 11.6 Å². The first-order valence-corrected chi connectivity index (χ1v) is 4.22. The van der Waals surface area contributed by atoms with Crippen molar-refractivity contribution >= 4 is 10.9 Å². The lowest BCUT2D eigenvalue weighted by atomic mass is 10.1. The summed E-state index contributed by atoms with van der Waals surface area (Å²) < 4.78 is 0. The van der Waals surface area contributed by atoms with Gasteiger partial charge in [0.15, 0.2) is 0 Å². The molecule has 0 aliphatic heterocycles. The maximum atomic E-state index is 9.54. The molecular formula is C11H8N2O. The van der Waals surface area contributed by atoms with Crippen molar-refractivity contribution in [1.82, 2.24) is 4.98 Å². The summed E-state index contributed by atoms with van der Waals surface area (Å²) in [5, 5.41) is 19.1. The van der Waals surface area contributed by atoms with Gasteiger partial charge in [-0.3, -0.25) is 0 Å². The highest BCUT2D eigenvalue weighted by atomic mass is 16.3. The standard InChI is InChI=1S/C11H8N2O/c1-7-2-4-9-8(6-12)3-5-10(14)11(9)13-7/h2-5,14H,1H3. The zero-order valence-electron chi connectivity index (χ0n) is 7.65. The van der Waals surface area contributed by atoms with E-state index in [1.807, 2.05) is 13.0 Å². The molecule has 0 amide bonds. The zero-order chi connectivity index (χ0) is 10.1. The second-order valence-electron chi connectivity index (χ2n) is 3.09. The Balaban J connectivity index is 2.93. The van der Waals surface area contributed by atoms with E-state index in [1.54, 1.807) is 12.1 Å². The Morgan fingerprint density at radius 2 is 2.07 bits per heavy atom. The Hall–Kier alpha value is -2.08. The second-order valence-corrected chi connectivity index (χ2v) is 3.09. The molecule has 0 aliphatic rings. The Kier molecular flexibility index (Phi) is 1.83. The summed E-state index contributed by atoms with van der Waals surface area (Å²) in [6, 6.07) is 8.77. The number of benzene rings is 1. The van der Waals surface area contributed by atoms with Gasteiger partial charge >= 0.3 is 0 Å². The molecule has 0 fully saturated rings. The Labute approximate surface area is 81.2 Å². The van der Waals surface area contributed by atoms with Crippen LogP contribution in [0.3, 0.4) is 0 Å². The van der Waals surface area contributed by atoms with E-state index < -0.39 is 0 Å². The molecule has 2 aromatic rings. The zero-order valence-corrected chi connectivity index (χ0v) is 7.65. The van der Waals surface area contributed by atoms with E-state index in [-0.39, 0.29) is 5.75 Å². The van der Waals surface area contributed by atoms with Gasteiger partial charge in [0.25, 0.3) is 0 Å². The molecule has 0 aliphatic carbocycles. The summed E-state index contributed by atoms with van der Waals surface area (Å²) in [5.41, 5.74) is 1.84. The molecule has 0 saturated heterocycles. The van der Waals surface area contributed by atoms with Crippen LogP contribution >= 0.6 is 0 Å². The summed E-state index contributed by atoms with van der Waals surface area (Å²) >= 11 is 0. The number of fused-ring (bicyclic) bond motifs is 1. The lowest BCUT2D eigenvalue weighted by Gasteiger charge is -2.02. The molecule has 1 aromatic carbocycles.